The Bertz CT molecular complexity index is 873. The summed E-state index contributed by atoms with van der Waals surface area (Å²) in [5.74, 6) is 0.253. The molecule has 0 aliphatic carbocycles. The number of anilines is 1. The lowest BCUT2D eigenvalue weighted by Crippen LogP contribution is -2.32. The van der Waals surface area contributed by atoms with Crippen molar-refractivity contribution in [2.24, 2.45) is 0 Å². The van der Waals surface area contributed by atoms with E-state index in [9.17, 15) is 4.79 Å². The van der Waals surface area contributed by atoms with Gasteiger partial charge in [-0.15, -0.1) is 11.3 Å². The maximum absolute atomic E-state index is 12.4. The van der Waals surface area contributed by atoms with E-state index in [1.54, 1.807) is 17.4 Å². The average molecular weight is 356 g/mol. The third kappa shape index (κ3) is 3.49. The van der Waals surface area contributed by atoms with E-state index in [4.69, 9.17) is 0 Å². The third-order valence-corrected chi connectivity index (χ3v) is 5.35. The summed E-state index contributed by atoms with van der Waals surface area (Å²) in [5, 5.41) is 17.7. The lowest BCUT2D eigenvalue weighted by atomic mass is 10.1. The molecule has 0 aromatic carbocycles. The van der Waals surface area contributed by atoms with Crippen LogP contribution in [0, 0.1) is 6.92 Å². The van der Waals surface area contributed by atoms with E-state index in [1.165, 1.54) is 4.88 Å². The summed E-state index contributed by atoms with van der Waals surface area (Å²) in [5.41, 5.74) is 1.30. The largest absolute Gasteiger partial charge is 0.315 e. The van der Waals surface area contributed by atoms with Gasteiger partial charge >= 0.3 is 0 Å². The summed E-state index contributed by atoms with van der Waals surface area (Å²) >= 11 is 1.68. The number of carbonyl (C=O) groups is 1. The Balaban J connectivity index is 1.43. The number of nitrogens with one attached hydrogen (secondary N) is 3. The Morgan fingerprint density at radius 3 is 3.08 bits per heavy atom. The Hall–Kier alpha value is -2.45. The minimum absolute atomic E-state index is 0.247. The normalized spacial score (nSPS) is 17.6. The number of rotatable bonds is 4. The molecule has 3 aromatic heterocycles. The van der Waals surface area contributed by atoms with Gasteiger partial charge in [-0.25, -0.2) is 0 Å². The van der Waals surface area contributed by atoms with Gasteiger partial charge in [-0.3, -0.25) is 14.6 Å². The smallest absolute Gasteiger partial charge is 0.277 e. The lowest BCUT2D eigenvalue weighted by Gasteiger charge is -2.22. The SMILES string of the molecule is Cc1ccc(-c2cc(NC(=O)c3ccn(C4CCCNC4)n3)n[nH]2)s1. The van der Waals surface area contributed by atoms with Gasteiger partial charge in [0, 0.05) is 23.7 Å². The van der Waals surface area contributed by atoms with E-state index in [0.29, 0.717) is 17.6 Å². The molecule has 130 valence electrons. The van der Waals surface area contributed by atoms with Gasteiger partial charge in [0.05, 0.1) is 16.6 Å². The summed E-state index contributed by atoms with van der Waals surface area (Å²) < 4.78 is 1.88. The lowest BCUT2D eigenvalue weighted by molar-refractivity contribution is 0.102. The molecule has 0 bridgehead atoms. The van der Waals surface area contributed by atoms with Crippen LogP contribution in [0.15, 0.2) is 30.5 Å². The van der Waals surface area contributed by atoms with Gasteiger partial charge in [-0.05, 0) is 44.5 Å². The minimum atomic E-state index is -0.247. The number of nitrogens with zero attached hydrogens (tertiary/aromatic N) is 3. The molecule has 3 aromatic rings. The third-order valence-electron chi connectivity index (χ3n) is 4.31. The van der Waals surface area contributed by atoms with E-state index < -0.39 is 0 Å². The molecule has 3 N–H and O–H groups in total. The van der Waals surface area contributed by atoms with E-state index >= 15 is 0 Å². The fourth-order valence-corrected chi connectivity index (χ4v) is 3.83. The molecule has 4 heterocycles. The van der Waals surface area contributed by atoms with Crippen molar-refractivity contribution in [2.45, 2.75) is 25.8 Å². The molecule has 4 rings (SSSR count). The zero-order valence-corrected chi connectivity index (χ0v) is 14.8. The van der Waals surface area contributed by atoms with Gasteiger partial charge in [0.25, 0.3) is 5.91 Å². The number of thiophene rings is 1. The second-order valence-electron chi connectivity index (χ2n) is 6.21. The van der Waals surface area contributed by atoms with Crippen molar-refractivity contribution in [3.63, 3.8) is 0 Å². The quantitative estimate of drug-likeness (QED) is 0.671. The molecule has 0 saturated carbocycles. The zero-order chi connectivity index (χ0) is 17.2. The Morgan fingerprint density at radius 1 is 1.40 bits per heavy atom. The summed E-state index contributed by atoms with van der Waals surface area (Å²) in [6.07, 6.45) is 4.08. The fourth-order valence-electron chi connectivity index (χ4n) is 2.99. The predicted molar refractivity (Wildman–Crippen MR) is 98.0 cm³/mol. The topological polar surface area (TPSA) is 87.6 Å². The molecule has 0 radical (unpaired) electrons. The number of piperidine rings is 1. The highest BCUT2D eigenvalue weighted by Gasteiger charge is 2.18. The second-order valence-corrected chi connectivity index (χ2v) is 7.50. The van der Waals surface area contributed by atoms with Gasteiger partial charge in [-0.2, -0.15) is 10.2 Å². The van der Waals surface area contributed by atoms with Crippen LogP contribution in [0.25, 0.3) is 10.6 Å². The van der Waals surface area contributed by atoms with Crippen LogP contribution in [0.2, 0.25) is 0 Å². The van der Waals surface area contributed by atoms with Crippen molar-refractivity contribution < 1.29 is 4.79 Å². The summed E-state index contributed by atoms with van der Waals surface area (Å²) in [6.45, 7) is 4.01. The summed E-state index contributed by atoms with van der Waals surface area (Å²) in [4.78, 5) is 14.7. The van der Waals surface area contributed by atoms with Crippen LogP contribution in [0.4, 0.5) is 5.82 Å². The van der Waals surface area contributed by atoms with Crippen molar-refractivity contribution in [1.82, 2.24) is 25.3 Å². The summed E-state index contributed by atoms with van der Waals surface area (Å²) in [6, 6.07) is 8.00. The van der Waals surface area contributed by atoms with E-state index in [-0.39, 0.29) is 5.91 Å². The van der Waals surface area contributed by atoms with Gasteiger partial charge in [-0.1, -0.05) is 0 Å². The van der Waals surface area contributed by atoms with E-state index in [2.05, 4.69) is 38.9 Å². The van der Waals surface area contributed by atoms with Crippen molar-refractivity contribution in [1.29, 1.82) is 0 Å². The molecule has 0 spiro atoms. The van der Waals surface area contributed by atoms with Crippen LogP contribution in [0.3, 0.4) is 0 Å². The number of aromatic amines is 1. The highest BCUT2D eigenvalue weighted by atomic mass is 32.1. The highest BCUT2D eigenvalue weighted by molar-refractivity contribution is 7.15. The second kappa shape index (κ2) is 6.81. The summed E-state index contributed by atoms with van der Waals surface area (Å²) in [7, 11) is 0. The molecule has 1 saturated heterocycles. The molecular weight excluding hydrogens is 336 g/mol. The maximum atomic E-state index is 12.4. The molecule has 1 aliphatic heterocycles. The van der Waals surface area contributed by atoms with Crippen molar-refractivity contribution in [3.8, 4) is 10.6 Å². The molecule has 8 heteroatoms. The Kier molecular flexibility index (Phi) is 4.37. The number of carbonyl (C=O) groups excluding carboxylic acids is 1. The predicted octanol–water partition coefficient (Wildman–Crippen LogP) is 2.82. The molecule has 1 fully saturated rings. The van der Waals surface area contributed by atoms with Crippen molar-refractivity contribution in [3.05, 3.63) is 41.0 Å². The molecule has 1 unspecified atom stereocenters. The fraction of sp³-hybridized carbons (Fsp3) is 0.353. The first-order chi connectivity index (χ1) is 12.2. The van der Waals surface area contributed by atoms with E-state index in [0.717, 1.165) is 36.5 Å². The number of amides is 1. The van der Waals surface area contributed by atoms with Crippen molar-refractivity contribution in [2.75, 3.05) is 18.4 Å². The first-order valence-corrected chi connectivity index (χ1v) is 9.20. The van der Waals surface area contributed by atoms with Gasteiger partial charge in [0.2, 0.25) is 0 Å². The van der Waals surface area contributed by atoms with Crippen LogP contribution < -0.4 is 10.6 Å². The van der Waals surface area contributed by atoms with E-state index in [1.807, 2.05) is 23.0 Å². The van der Waals surface area contributed by atoms with Crippen LogP contribution in [-0.4, -0.2) is 39.0 Å². The number of H-pyrrole nitrogens is 1. The average Bonchev–Trinajstić information content (AvgIpc) is 3.35. The first-order valence-electron chi connectivity index (χ1n) is 8.38. The Labute approximate surface area is 149 Å². The number of hydrogen-bond donors (Lipinski definition) is 3. The molecule has 7 nitrogen and oxygen atoms in total. The maximum Gasteiger partial charge on any atom is 0.277 e. The van der Waals surface area contributed by atoms with Crippen molar-refractivity contribution >= 4 is 23.1 Å². The standard InChI is InChI=1S/C17H20N6OS/c1-11-4-5-15(25-11)14-9-16(21-20-14)19-17(24)13-6-8-23(22-13)12-3-2-7-18-10-12/h4-6,8-9,12,18H,2-3,7,10H2,1H3,(H2,19,20,21,24). The molecule has 1 amide bonds. The minimum Gasteiger partial charge on any atom is -0.315 e. The molecule has 1 aliphatic rings. The Morgan fingerprint density at radius 2 is 2.32 bits per heavy atom. The number of hydrogen-bond acceptors (Lipinski definition) is 5. The van der Waals surface area contributed by atoms with Gasteiger partial charge in [0.15, 0.2) is 11.5 Å². The first kappa shape index (κ1) is 16.0. The number of aromatic nitrogens is 4. The van der Waals surface area contributed by atoms with Gasteiger partial charge in [0.1, 0.15) is 0 Å². The molecular formula is C17H20N6OS. The number of aryl methyl sites for hydroxylation is 1. The monoisotopic (exact) mass is 356 g/mol. The molecule has 1 atom stereocenters. The van der Waals surface area contributed by atoms with Crippen LogP contribution in [-0.2, 0) is 0 Å². The molecule has 25 heavy (non-hydrogen) atoms. The zero-order valence-electron chi connectivity index (χ0n) is 14.0. The van der Waals surface area contributed by atoms with Crippen LogP contribution in [0.5, 0.6) is 0 Å². The van der Waals surface area contributed by atoms with Crippen LogP contribution in [0.1, 0.15) is 34.2 Å². The van der Waals surface area contributed by atoms with Gasteiger partial charge < -0.3 is 10.6 Å². The highest BCUT2D eigenvalue weighted by Crippen LogP contribution is 2.27. The van der Waals surface area contributed by atoms with Crippen LogP contribution >= 0.6 is 11.3 Å².